The summed E-state index contributed by atoms with van der Waals surface area (Å²) >= 11 is 0. The molecule has 3 atom stereocenters. The first-order valence-corrected chi connectivity index (χ1v) is 6.73. The molecular weight excluding hydrogens is 222 g/mol. The lowest BCUT2D eigenvalue weighted by atomic mass is 9.83. The van der Waals surface area contributed by atoms with E-state index in [2.05, 4.69) is 46.8 Å². The Morgan fingerprint density at radius 2 is 1.61 bits per heavy atom. The largest absolute Gasteiger partial charge is 0.339 e. The molecule has 3 unspecified atom stereocenters. The fraction of sp³-hybridized carbons (Fsp3) is 0.562. The summed E-state index contributed by atoms with van der Waals surface area (Å²) in [5, 5.41) is 0. The smallest absolute Gasteiger partial charge is 0.254 e. The number of hydrogen-bond donors (Lipinski definition) is 0. The van der Waals surface area contributed by atoms with Gasteiger partial charge in [0.25, 0.3) is 5.91 Å². The molecule has 1 aromatic carbocycles. The molecule has 1 aromatic rings. The monoisotopic (exact) mass is 245 g/mol. The highest BCUT2D eigenvalue weighted by molar-refractivity contribution is 5.96. The highest BCUT2D eigenvalue weighted by Crippen LogP contribution is 2.36. The summed E-state index contributed by atoms with van der Waals surface area (Å²) in [7, 11) is 1.92. The van der Waals surface area contributed by atoms with Crippen molar-refractivity contribution in [3.63, 3.8) is 0 Å². The molecule has 0 fully saturated rings. The van der Waals surface area contributed by atoms with Gasteiger partial charge >= 0.3 is 0 Å². The Hall–Kier alpha value is -1.31. The van der Waals surface area contributed by atoms with E-state index in [-0.39, 0.29) is 11.9 Å². The van der Waals surface area contributed by atoms with Crippen LogP contribution in [0, 0.1) is 19.8 Å². The molecule has 1 heterocycles. The van der Waals surface area contributed by atoms with Crippen LogP contribution in [-0.2, 0) is 0 Å². The van der Waals surface area contributed by atoms with Crippen molar-refractivity contribution in [1.82, 2.24) is 4.90 Å². The maximum absolute atomic E-state index is 12.5. The molecule has 0 saturated carbocycles. The average molecular weight is 245 g/mol. The Morgan fingerprint density at radius 1 is 1.06 bits per heavy atom. The van der Waals surface area contributed by atoms with Crippen LogP contribution in [0.15, 0.2) is 12.1 Å². The fourth-order valence-corrected chi connectivity index (χ4v) is 2.83. The number of carbonyl (C=O) groups excluding carboxylic acids is 1. The van der Waals surface area contributed by atoms with Crippen LogP contribution in [0.1, 0.15) is 53.7 Å². The van der Waals surface area contributed by atoms with Gasteiger partial charge in [-0.2, -0.15) is 0 Å². The molecule has 1 aliphatic rings. The van der Waals surface area contributed by atoms with Crippen molar-refractivity contribution in [1.29, 1.82) is 0 Å². The molecule has 0 bridgehead atoms. The standard InChI is InChI=1S/C16H23NO/c1-9-7-14-12(4)11(3)13(5)17(6)16(18)15(14)8-10(9)2/h7-8,11-13H,1-6H3. The second kappa shape index (κ2) is 4.42. The lowest BCUT2D eigenvalue weighted by molar-refractivity contribution is 0.0709. The van der Waals surface area contributed by atoms with Gasteiger partial charge in [-0.15, -0.1) is 0 Å². The van der Waals surface area contributed by atoms with Crippen LogP contribution in [0.25, 0.3) is 0 Å². The third-order valence-corrected chi connectivity index (χ3v) is 4.87. The molecular formula is C16H23NO. The summed E-state index contributed by atoms with van der Waals surface area (Å²) in [6.45, 7) is 10.8. The summed E-state index contributed by atoms with van der Waals surface area (Å²) in [6.07, 6.45) is 0. The van der Waals surface area contributed by atoms with Gasteiger partial charge in [0.15, 0.2) is 0 Å². The van der Waals surface area contributed by atoms with Crippen molar-refractivity contribution >= 4 is 5.91 Å². The Labute approximate surface area is 110 Å². The minimum Gasteiger partial charge on any atom is -0.339 e. The number of rotatable bonds is 0. The van der Waals surface area contributed by atoms with Gasteiger partial charge in [0, 0.05) is 18.7 Å². The van der Waals surface area contributed by atoms with Crippen LogP contribution in [0.5, 0.6) is 0 Å². The Morgan fingerprint density at radius 3 is 2.22 bits per heavy atom. The summed E-state index contributed by atoms with van der Waals surface area (Å²) in [6, 6.07) is 4.54. The zero-order valence-electron chi connectivity index (χ0n) is 12.2. The fourth-order valence-electron chi connectivity index (χ4n) is 2.83. The Balaban J connectivity index is 2.66. The van der Waals surface area contributed by atoms with Gasteiger partial charge < -0.3 is 4.90 Å². The molecule has 0 aromatic heterocycles. The zero-order chi connectivity index (χ0) is 13.6. The van der Waals surface area contributed by atoms with Crippen molar-refractivity contribution in [3.05, 3.63) is 34.4 Å². The molecule has 0 N–H and O–H groups in total. The first-order chi connectivity index (χ1) is 8.34. The van der Waals surface area contributed by atoms with Gasteiger partial charge in [-0.1, -0.05) is 19.9 Å². The predicted octanol–water partition coefficient (Wildman–Crippen LogP) is 3.52. The zero-order valence-corrected chi connectivity index (χ0v) is 12.2. The highest BCUT2D eigenvalue weighted by atomic mass is 16.2. The quantitative estimate of drug-likeness (QED) is 0.685. The second-order valence-corrected chi connectivity index (χ2v) is 5.83. The van der Waals surface area contributed by atoms with Crippen molar-refractivity contribution < 1.29 is 4.79 Å². The van der Waals surface area contributed by atoms with Gasteiger partial charge in [0.1, 0.15) is 0 Å². The molecule has 0 aliphatic carbocycles. The minimum atomic E-state index is 0.164. The van der Waals surface area contributed by atoms with E-state index in [0.717, 1.165) is 5.56 Å². The van der Waals surface area contributed by atoms with Gasteiger partial charge in [0.2, 0.25) is 0 Å². The van der Waals surface area contributed by atoms with Crippen LogP contribution in [0.4, 0.5) is 0 Å². The molecule has 0 saturated heterocycles. The van der Waals surface area contributed by atoms with Crippen LogP contribution >= 0.6 is 0 Å². The molecule has 0 radical (unpaired) electrons. The first-order valence-electron chi connectivity index (χ1n) is 6.73. The van der Waals surface area contributed by atoms with E-state index in [1.54, 1.807) is 0 Å². The highest BCUT2D eigenvalue weighted by Gasteiger charge is 2.33. The number of nitrogens with zero attached hydrogens (tertiary/aromatic N) is 1. The number of hydrogen-bond acceptors (Lipinski definition) is 1. The summed E-state index contributed by atoms with van der Waals surface area (Å²) in [5.74, 6) is 1.06. The van der Waals surface area contributed by atoms with E-state index in [0.29, 0.717) is 11.8 Å². The number of carbonyl (C=O) groups is 1. The molecule has 2 heteroatoms. The first kappa shape index (κ1) is 13.1. The summed E-state index contributed by atoms with van der Waals surface area (Å²) < 4.78 is 0. The van der Waals surface area contributed by atoms with E-state index in [9.17, 15) is 4.79 Å². The van der Waals surface area contributed by atoms with Gasteiger partial charge in [0.05, 0.1) is 0 Å². The summed E-state index contributed by atoms with van der Waals surface area (Å²) in [4.78, 5) is 14.4. The maximum Gasteiger partial charge on any atom is 0.254 e. The number of aryl methyl sites for hydroxylation is 2. The van der Waals surface area contributed by atoms with Crippen LogP contribution in [0.2, 0.25) is 0 Å². The Kier molecular flexibility index (Phi) is 3.22. The van der Waals surface area contributed by atoms with E-state index in [4.69, 9.17) is 0 Å². The van der Waals surface area contributed by atoms with Gasteiger partial charge in [-0.25, -0.2) is 0 Å². The second-order valence-electron chi connectivity index (χ2n) is 5.83. The number of fused-ring (bicyclic) bond motifs is 1. The molecule has 18 heavy (non-hydrogen) atoms. The normalized spacial score (nSPS) is 28.0. The van der Waals surface area contributed by atoms with Crippen LogP contribution in [-0.4, -0.2) is 23.9 Å². The van der Waals surface area contributed by atoms with E-state index in [1.807, 2.05) is 11.9 Å². The lowest BCUT2D eigenvalue weighted by Gasteiger charge is -2.29. The van der Waals surface area contributed by atoms with Gasteiger partial charge in [-0.3, -0.25) is 4.79 Å². The van der Waals surface area contributed by atoms with E-state index >= 15 is 0 Å². The molecule has 2 rings (SSSR count). The van der Waals surface area contributed by atoms with Crippen molar-refractivity contribution in [3.8, 4) is 0 Å². The van der Waals surface area contributed by atoms with Crippen molar-refractivity contribution in [2.24, 2.45) is 5.92 Å². The number of amides is 1. The molecule has 1 aliphatic heterocycles. The minimum absolute atomic E-state index is 0.164. The summed E-state index contributed by atoms with van der Waals surface area (Å²) in [5.41, 5.74) is 4.58. The molecule has 0 spiro atoms. The SMILES string of the molecule is Cc1cc2c(cc1C)C(C)C(C)C(C)N(C)C2=O. The predicted molar refractivity (Wildman–Crippen MR) is 75.1 cm³/mol. The third-order valence-electron chi connectivity index (χ3n) is 4.87. The van der Waals surface area contributed by atoms with E-state index in [1.165, 1.54) is 16.7 Å². The van der Waals surface area contributed by atoms with Crippen LogP contribution in [0.3, 0.4) is 0 Å². The third kappa shape index (κ3) is 1.84. The molecule has 1 amide bonds. The van der Waals surface area contributed by atoms with Crippen LogP contribution < -0.4 is 0 Å². The lowest BCUT2D eigenvalue weighted by Crippen LogP contribution is -2.37. The van der Waals surface area contributed by atoms with E-state index < -0.39 is 0 Å². The molecule has 2 nitrogen and oxygen atoms in total. The maximum atomic E-state index is 12.5. The van der Waals surface area contributed by atoms with Crippen molar-refractivity contribution in [2.75, 3.05) is 7.05 Å². The Bertz CT molecular complexity index is 492. The van der Waals surface area contributed by atoms with Crippen molar-refractivity contribution in [2.45, 2.75) is 46.6 Å². The average Bonchev–Trinajstić information content (AvgIpc) is 2.40. The van der Waals surface area contributed by atoms with Gasteiger partial charge in [-0.05, 0) is 55.4 Å². The molecule has 98 valence electrons. The topological polar surface area (TPSA) is 20.3 Å². The number of benzene rings is 1.